The van der Waals surface area contributed by atoms with Gasteiger partial charge in [0.15, 0.2) is 0 Å². The predicted octanol–water partition coefficient (Wildman–Crippen LogP) is 1.18. The van der Waals surface area contributed by atoms with Crippen LogP contribution in [-0.2, 0) is 0 Å². The standard InChI is InChI=1S/C7H6N4O/c1-4(2-8)6-10-5-3-9-12-7(5)11-6/h3-4H,1H3,(H,10,11). The fourth-order valence-electron chi connectivity index (χ4n) is 0.941. The third-order valence-corrected chi connectivity index (χ3v) is 1.64. The molecule has 0 radical (unpaired) electrons. The minimum Gasteiger partial charge on any atom is -0.337 e. The van der Waals surface area contributed by atoms with Crippen LogP contribution >= 0.6 is 0 Å². The maximum atomic E-state index is 8.59. The molecule has 0 aliphatic heterocycles. The molecule has 2 aromatic heterocycles. The van der Waals surface area contributed by atoms with Crippen molar-refractivity contribution in [1.82, 2.24) is 15.1 Å². The van der Waals surface area contributed by atoms with Crippen molar-refractivity contribution in [1.29, 1.82) is 5.26 Å². The second-order valence-corrected chi connectivity index (χ2v) is 2.52. The van der Waals surface area contributed by atoms with Gasteiger partial charge in [0.05, 0.1) is 12.3 Å². The Morgan fingerprint density at radius 2 is 2.58 bits per heavy atom. The fraction of sp³-hybridized carbons (Fsp3) is 0.286. The normalized spacial score (nSPS) is 13.0. The minimum atomic E-state index is -0.243. The van der Waals surface area contributed by atoms with E-state index in [2.05, 4.69) is 21.2 Å². The summed E-state index contributed by atoms with van der Waals surface area (Å²) in [5.74, 6) is 0.376. The summed E-state index contributed by atoms with van der Waals surface area (Å²) in [5.41, 5.74) is 1.18. The average molecular weight is 162 g/mol. The Morgan fingerprint density at radius 3 is 3.25 bits per heavy atom. The number of imidazole rings is 1. The van der Waals surface area contributed by atoms with Crippen molar-refractivity contribution in [3.63, 3.8) is 0 Å². The van der Waals surface area contributed by atoms with Gasteiger partial charge in [-0.1, -0.05) is 5.16 Å². The van der Waals surface area contributed by atoms with Gasteiger partial charge in [0.25, 0.3) is 5.71 Å². The third-order valence-electron chi connectivity index (χ3n) is 1.64. The maximum Gasteiger partial charge on any atom is 0.275 e. The molecule has 0 aliphatic carbocycles. The highest BCUT2D eigenvalue weighted by molar-refractivity contribution is 5.67. The van der Waals surface area contributed by atoms with E-state index in [4.69, 9.17) is 9.78 Å². The molecule has 5 nitrogen and oxygen atoms in total. The number of H-pyrrole nitrogens is 1. The Bertz CT molecular complexity index is 407. The Balaban J connectivity index is 2.52. The van der Waals surface area contributed by atoms with Crippen LogP contribution in [0, 0.1) is 11.3 Å². The van der Waals surface area contributed by atoms with Gasteiger partial charge in [-0.2, -0.15) is 10.2 Å². The molecular weight excluding hydrogens is 156 g/mol. The lowest BCUT2D eigenvalue weighted by Gasteiger charge is -1.92. The van der Waals surface area contributed by atoms with E-state index in [0.717, 1.165) is 5.52 Å². The Kier molecular flexibility index (Phi) is 1.34. The molecule has 1 N–H and O–H groups in total. The topological polar surface area (TPSA) is 78.5 Å². The molecule has 0 bridgehead atoms. The summed E-state index contributed by atoms with van der Waals surface area (Å²) in [6.45, 7) is 1.77. The highest BCUT2D eigenvalue weighted by Crippen LogP contribution is 2.15. The first-order valence-electron chi connectivity index (χ1n) is 3.51. The zero-order chi connectivity index (χ0) is 8.55. The highest BCUT2D eigenvalue weighted by Gasteiger charge is 2.11. The molecule has 1 unspecified atom stereocenters. The molecule has 2 rings (SSSR count). The zero-order valence-electron chi connectivity index (χ0n) is 6.40. The minimum absolute atomic E-state index is 0.243. The predicted molar refractivity (Wildman–Crippen MR) is 40.2 cm³/mol. The SMILES string of the molecule is CC(C#N)c1nc2oncc2[nH]1. The molecule has 0 aliphatic rings. The number of fused-ring (bicyclic) bond motifs is 1. The van der Waals surface area contributed by atoms with E-state index in [1.165, 1.54) is 6.20 Å². The fourth-order valence-corrected chi connectivity index (χ4v) is 0.941. The number of nitriles is 1. The van der Waals surface area contributed by atoms with Gasteiger partial charge < -0.3 is 9.51 Å². The van der Waals surface area contributed by atoms with Crippen molar-refractivity contribution < 1.29 is 4.52 Å². The van der Waals surface area contributed by atoms with Crippen LogP contribution in [0.5, 0.6) is 0 Å². The molecule has 0 saturated heterocycles. The van der Waals surface area contributed by atoms with Crippen LogP contribution < -0.4 is 0 Å². The average Bonchev–Trinajstić information content (AvgIpc) is 2.60. The quantitative estimate of drug-likeness (QED) is 0.682. The summed E-state index contributed by atoms with van der Waals surface area (Å²) >= 11 is 0. The van der Waals surface area contributed by atoms with Gasteiger partial charge in [0.2, 0.25) is 0 Å². The van der Waals surface area contributed by atoms with Gasteiger partial charge in [-0.25, -0.2) is 0 Å². The maximum absolute atomic E-state index is 8.59. The van der Waals surface area contributed by atoms with E-state index in [1.54, 1.807) is 6.92 Å². The molecule has 0 fully saturated rings. The molecule has 0 spiro atoms. The smallest absolute Gasteiger partial charge is 0.275 e. The first kappa shape index (κ1) is 6.85. The van der Waals surface area contributed by atoms with Crippen LogP contribution in [0.4, 0.5) is 0 Å². The van der Waals surface area contributed by atoms with Crippen LogP contribution in [0.15, 0.2) is 10.7 Å². The number of hydrogen-bond acceptors (Lipinski definition) is 4. The van der Waals surface area contributed by atoms with Gasteiger partial charge in [-0.15, -0.1) is 0 Å². The monoisotopic (exact) mass is 162 g/mol. The van der Waals surface area contributed by atoms with Crippen LogP contribution in [0.1, 0.15) is 18.7 Å². The van der Waals surface area contributed by atoms with Crippen LogP contribution in [0.25, 0.3) is 11.2 Å². The number of rotatable bonds is 1. The van der Waals surface area contributed by atoms with Gasteiger partial charge in [-0.3, -0.25) is 0 Å². The van der Waals surface area contributed by atoms with Gasteiger partial charge >= 0.3 is 0 Å². The molecule has 2 aromatic rings. The molecule has 5 heteroatoms. The lowest BCUT2D eigenvalue weighted by molar-refractivity contribution is 0.448. The first-order valence-corrected chi connectivity index (χ1v) is 3.51. The molecule has 0 aromatic carbocycles. The van der Waals surface area contributed by atoms with Crippen molar-refractivity contribution >= 4 is 11.2 Å². The second kappa shape index (κ2) is 2.34. The largest absolute Gasteiger partial charge is 0.337 e. The summed E-state index contributed by atoms with van der Waals surface area (Å²) in [5, 5.41) is 12.1. The van der Waals surface area contributed by atoms with Crippen molar-refractivity contribution in [2.75, 3.05) is 0 Å². The molecular formula is C7H6N4O. The number of nitrogens with one attached hydrogen (secondary N) is 1. The van der Waals surface area contributed by atoms with Crippen LogP contribution in [0.3, 0.4) is 0 Å². The molecule has 1 atom stereocenters. The molecule has 60 valence electrons. The van der Waals surface area contributed by atoms with Gasteiger partial charge in [0, 0.05) is 0 Å². The van der Waals surface area contributed by atoms with Crippen molar-refractivity contribution in [3.8, 4) is 6.07 Å². The molecule has 12 heavy (non-hydrogen) atoms. The van der Waals surface area contributed by atoms with E-state index >= 15 is 0 Å². The van der Waals surface area contributed by atoms with E-state index in [0.29, 0.717) is 11.5 Å². The van der Waals surface area contributed by atoms with E-state index in [9.17, 15) is 0 Å². The molecule has 0 amide bonds. The lowest BCUT2D eigenvalue weighted by atomic mass is 10.2. The lowest BCUT2D eigenvalue weighted by Crippen LogP contribution is -1.91. The van der Waals surface area contributed by atoms with Crippen LogP contribution in [-0.4, -0.2) is 15.1 Å². The summed E-state index contributed by atoms with van der Waals surface area (Å²) in [6, 6.07) is 2.08. The number of aromatic amines is 1. The first-order chi connectivity index (χ1) is 5.81. The van der Waals surface area contributed by atoms with Gasteiger partial charge in [-0.05, 0) is 6.92 Å². The molecule has 2 heterocycles. The summed E-state index contributed by atoms with van der Waals surface area (Å²) < 4.78 is 4.79. The van der Waals surface area contributed by atoms with Gasteiger partial charge in [0.1, 0.15) is 17.3 Å². The Morgan fingerprint density at radius 1 is 1.75 bits per heavy atom. The van der Waals surface area contributed by atoms with Crippen molar-refractivity contribution in [2.45, 2.75) is 12.8 Å². The summed E-state index contributed by atoms with van der Waals surface area (Å²) in [4.78, 5) is 6.97. The second-order valence-electron chi connectivity index (χ2n) is 2.52. The molecule has 0 saturated carbocycles. The zero-order valence-corrected chi connectivity index (χ0v) is 6.40. The van der Waals surface area contributed by atoms with Crippen molar-refractivity contribution in [3.05, 3.63) is 12.0 Å². The van der Waals surface area contributed by atoms with Crippen LogP contribution in [0.2, 0.25) is 0 Å². The number of nitrogens with zero attached hydrogens (tertiary/aromatic N) is 3. The Labute approximate surface area is 68.0 Å². The van der Waals surface area contributed by atoms with E-state index in [-0.39, 0.29) is 5.92 Å². The summed E-state index contributed by atoms with van der Waals surface area (Å²) in [7, 11) is 0. The third kappa shape index (κ3) is 0.855. The Hall–Kier alpha value is -1.83. The van der Waals surface area contributed by atoms with E-state index < -0.39 is 0 Å². The van der Waals surface area contributed by atoms with Crippen molar-refractivity contribution in [2.24, 2.45) is 0 Å². The van der Waals surface area contributed by atoms with E-state index in [1.807, 2.05) is 0 Å². The number of hydrogen-bond donors (Lipinski definition) is 1. The highest BCUT2D eigenvalue weighted by atomic mass is 16.5. The number of aromatic nitrogens is 3. The summed E-state index contributed by atoms with van der Waals surface area (Å²) in [6.07, 6.45) is 1.54.